The van der Waals surface area contributed by atoms with E-state index in [0.29, 0.717) is 6.42 Å². The minimum absolute atomic E-state index is 0.152. The highest BCUT2D eigenvalue weighted by molar-refractivity contribution is 7.99. The summed E-state index contributed by atoms with van der Waals surface area (Å²) < 4.78 is 5.42. The lowest BCUT2D eigenvalue weighted by Gasteiger charge is -2.35. The number of benzene rings is 2. The zero-order valence-electron chi connectivity index (χ0n) is 14.4. The molecule has 0 bridgehead atoms. The van der Waals surface area contributed by atoms with Gasteiger partial charge in [0, 0.05) is 35.3 Å². The molecular weight excluding hydrogens is 332 g/mol. The number of rotatable bonds is 3. The molecule has 0 radical (unpaired) electrons. The van der Waals surface area contributed by atoms with Crippen LogP contribution in [0.1, 0.15) is 13.3 Å². The van der Waals surface area contributed by atoms with Gasteiger partial charge in [-0.2, -0.15) is 0 Å². The fourth-order valence-corrected chi connectivity index (χ4v) is 4.52. The van der Waals surface area contributed by atoms with Crippen LogP contribution < -0.4 is 4.90 Å². The first-order valence-corrected chi connectivity index (χ1v) is 9.56. The molecule has 0 aliphatic carbocycles. The fourth-order valence-electron chi connectivity index (χ4n) is 3.46. The summed E-state index contributed by atoms with van der Waals surface area (Å²) in [6.45, 7) is 5.45. The van der Waals surface area contributed by atoms with Crippen molar-refractivity contribution >= 4 is 29.0 Å². The van der Waals surface area contributed by atoms with Gasteiger partial charge in [-0.15, -0.1) is 0 Å². The van der Waals surface area contributed by atoms with Crippen molar-refractivity contribution in [2.45, 2.75) is 29.2 Å². The second-order valence-electron chi connectivity index (χ2n) is 6.47. The largest absolute Gasteiger partial charge is 0.379 e. The Morgan fingerprint density at radius 3 is 2.20 bits per heavy atom. The molecule has 0 N–H and O–H groups in total. The van der Waals surface area contributed by atoms with Gasteiger partial charge in [-0.3, -0.25) is 14.6 Å². The van der Waals surface area contributed by atoms with E-state index in [1.807, 2.05) is 41.3 Å². The quantitative estimate of drug-likeness (QED) is 0.836. The Balaban J connectivity index is 1.61. The Hall–Kier alpha value is -1.82. The van der Waals surface area contributed by atoms with Crippen molar-refractivity contribution < 1.29 is 9.53 Å². The molecule has 25 heavy (non-hydrogen) atoms. The number of hydrogen-bond acceptors (Lipinski definition) is 4. The zero-order chi connectivity index (χ0) is 17.2. The van der Waals surface area contributed by atoms with Crippen LogP contribution in [0.25, 0.3) is 0 Å². The molecule has 4 nitrogen and oxygen atoms in total. The van der Waals surface area contributed by atoms with Crippen LogP contribution in [-0.2, 0) is 9.53 Å². The van der Waals surface area contributed by atoms with E-state index in [2.05, 4.69) is 24.0 Å². The first-order valence-electron chi connectivity index (χ1n) is 8.75. The Morgan fingerprint density at radius 1 is 1.04 bits per heavy atom. The van der Waals surface area contributed by atoms with Gasteiger partial charge in [-0.25, -0.2) is 0 Å². The Kier molecular flexibility index (Phi) is 4.79. The van der Waals surface area contributed by atoms with E-state index in [1.165, 1.54) is 0 Å². The lowest BCUT2D eigenvalue weighted by atomic mass is 10.1. The second-order valence-corrected chi connectivity index (χ2v) is 7.55. The van der Waals surface area contributed by atoms with Gasteiger partial charge in [0.05, 0.1) is 24.6 Å². The van der Waals surface area contributed by atoms with Gasteiger partial charge < -0.3 is 4.74 Å². The molecule has 2 aliphatic heterocycles. The highest BCUT2D eigenvalue weighted by Gasteiger charge is 2.29. The van der Waals surface area contributed by atoms with Crippen molar-refractivity contribution in [1.29, 1.82) is 0 Å². The summed E-state index contributed by atoms with van der Waals surface area (Å²) in [5.41, 5.74) is 1.98. The van der Waals surface area contributed by atoms with Crippen LogP contribution in [0, 0.1) is 0 Å². The third kappa shape index (κ3) is 3.32. The molecule has 1 fully saturated rings. The maximum absolute atomic E-state index is 13.2. The first-order chi connectivity index (χ1) is 12.2. The molecule has 0 aromatic heterocycles. The minimum Gasteiger partial charge on any atom is -0.379 e. The van der Waals surface area contributed by atoms with Crippen molar-refractivity contribution in [3.8, 4) is 0 Å². The molecule has 2 heterocycles. The van der Waals surface area contributed by atoms with Crippen LogP contribution >= 0.6 is 11.8 Å². The van der Waals surface area contributed by atoms with Gasteiger partial charge in [-0.1, -0.05) is 36.0 Å². The third-order valence-electron chi connectivity index (χ3n) is 4.82. The van der Waals surface area contributed by atoms with Crippen molar-refractivity contribution in [2.75, 3.05) is 31.2 Å². The lowest BCUT2D eigenvalue weighted by molar-refractivity contribution is -0.119. The smallest absolute Gasteiger partial charge is 0.233 e. The first kappa shape index (κ1) is 16.6. The Bertz CT molecular complexity index is 728. The van der Waals surface area contributed by atoms with Gasteiger partial charge in [0.1, 0.15) is 0 Å². The molecule has 1 atom stereocenters. The van der Waals surface area contributed by atoms with E-state index in [4.69, 9.17) is 4.74 Å². The summed E-state index contributed by atoms with van der Waals surface area (Å²) in [6, 6.07) is 16.5. The molecule has 0 saturated carbocycles. The highest BCUT2D eigenvalue weighted by atomic mass is 32.2. The summed E-state index contributed by atoms with van der Waals surface area (Å²) in [4.78, 5) is 19.7. The molecule has 1 amide bonds. The number of hydrogen-bond donors (Lipinski definition) is 0. The molecular formula is C20H22N2O2S. The predicted molar refractivity (Wildman–Crippen MR) is 101 cm³/mol. The number of morpholine rings is 1. The number of fused-ring (bicyclic) bond motifs is 2. The van der Waals surface area contributed by atoms with E-state index in [0.717, 1.165) is 47.5 Å². The molecule has 2 aromatic carbocycles. The van der Waals surface area contributed by atoms with Crippen LogP contribution in [0.2, 0.25) is 0 Å². The Morgan fingerprint density at radius 2 is 1.60 bits per heavy atom. The summed E-state index contributed by atoms with van der Waals surface area (Å²) in [5, 5.41) is 0. The average Bonchev–Trinajstić information content (AvgIpc) is 2.66. The standard InChI is InChI=1S/C20H22N2O2S/c1-15(21-10-12-24-13-11-21)14-20(23)22-16-6-2-4-8-18(16)25-19-9-5-3-7-17(19)22/h2-9,15H,10-14H2,1H3/t15-/m0/s1. The van der Waals surface area contributed by atoms with Crippen LogP contribution in [0.5, 0.6) is 0 Å². The highest BCUT2D eigenvalue weighted by Crippen LogP contribution is 2.48. The number of anilines is 2. The number of amides is 1. The van der Waals surface area contributed by atoms with Crippen molar-refractivity contribution in [1.82, 2.24) is 4.90 Å². The van der Waals surface area contributed by atoms with E-state index in [-0.39, 0.29) is 11.9 Å². The Labute approximate surface area is 152 Å². The van der Waals surface area contributed by atoms with Crippen molar-refractivity contribution in [2.24, 2.45) is 0 Å². The lowest BCUT2D eigenvalue weighted by Crippen LogP contribution is -2.44. The van der Waals surface area contributed by atoms with Gasteiger partial charge in [0.15, 0.2) is 0 Å². The van der Waals surface area contributed by atoms with Gasteiger partial charge in [0.2, 0.25) is 5.91 Å². The molecule has 1 saturated heterocycles. The van der Waals surface area contributed by atoms with Crippen molar-refractivity contribution in [3.63, 3.8) is 0 Å². The monoisotopic (exact) mass is 354 g/mol. The molecule has 5 heteroatoms. The number of carbonyl (C=O) groups is 1. The molecule has 4 rings (SSSR count). The summed E-state index contributed by atoms with van der Waals surface area (Å²) >= 11 is 1.73. The second kappa shape index (κ2) is 7.20. The topological polar surface area (TPSA) is 32.8 Å². The molecule has 0 unspecified atom stereocenters. The van der Waals surface area contributed by atoms with Crippen LogP contribution in [-0.4, -0.2) is 43.2 Å². The maximum atomic E-state index is 13.2. The van der Waals surface area contributed by atoms with E-state index < -0.39 is 0 Å². The van der Waals surface area contributed by atoms with Crippen LogP contribution in [0.4, 0.5) is 11.4 Å². The molecule has 2 aliphatic rings. The average molecular weight is 354 g/mol. The van der Waals surface area contributed by atoms with Gasteiger partial charge in [0.25, 0.3) is 0 Å². The normalized spacial score (nSPS) is 18.4. The van der Waals surface area contributed by atoms with Gasteiger partial charge >= 0.3 is 0 Å². The minimum atomic E-state index is 0.152. The van der Waals surface area contributed by atoms with Crippen LogP contribution in [0.3, 0.4) is 0 Å². The zero-order valence-corrected chi connectivity index (χ0v) is 15.2. The SMILES string of the molecule is C[C@@H](CC(=O)N1c2ccccc2Sc2ccccc21)N1CCOCC1. The van der Waals surface area contributed by atoms with E-state index >= 15 is 0 Å². The number of nitrogens with zero attached hydrogens (tertiary/aromatic N) is 2. The van der Waals surface area contributed by atoms with Crippen molar-refractivity contribution in [3.05, 3.63) is 48.5 Å². The van der Waals surface area contributed by atoms with E-state index in [1.54, 1.807) is 11.8 Å². The number of ether oxygens (including phenoxy) is 1. The third-order valence-corrected chi connectivity index (χ3v) is 5.95. The van der Waals surface area contributed by atoms with E-state index in [9.17, 15) is 4.79 Å². The maximum Gasteiger partial charge on any atom is 0.233 e. The molecule has 2 aromatic rings. The predicted octanol–water partition coefficient (Wildman–Crippen LogP) is 3.93. The fraction of sp³-hybridized carbons (Fsp3) is 0.350. The molecule has 0 spiro atoms. The summed E-state index contributed by atoms with van der Waals surface area (Å²) in [5.74, 6) is 0.152. The summed E-state index contributed by atoms with van der Waals surface area (Å²) in [6.07, 6.45) is 0.507. The van der Waals surface area contributed by atoms with Gasteiger partial charge in [-0.05, 0) is 31.2 Å². The molecule has 130 valence electrons. The number of carbonyl (C=O) groups excluding carboxylic acids is 1. The number of para-hydroxylation sites is 2. The van der Waals surface area contributed by atoms with Crippen LogP contribution in [0.15, 0.2) is 58.3 Å². The summed E-state index contributed by atoms with van der Waals surface area (Å²) in [7, 11) is 0.